The van der Waals surface area contributed by atoms with E-state index in [9.17, 15) is 18.0 Å². The molecule has 7 nitrogen and oxygen atoms in total. The van der Waals surface area contributed by atoms with Gasteiger partial charge in [-0.15, -0.1) is 0 Å². The summed E-state index contributed by atoms with van der Waals surface area (Å²) in [5, 5.41) is 3.82. The summed E-state index contributed by atoms with van der Waals surface area (Å²) in [5.74, 6) is -0.753. The molecule has 1 aliphatic carbocycles. The fraction of sp³-hybridized carbons (Fsp3) is 0.375. The molecule has 0 radical (unpaired) electrons. The minimum atomic E-state index is -4.13. The summed E-state index contributed by atoms with van der Waals surface area (Å²) in [6.45, 7) is 5.14. The van der Waals surface area contributed by atoms with Crippen molar-refractivity contribution >= 4 is 50.7 Å². The van der Waals surface area contributed by atoms with Crippen LogP contribution in [0.25, 0.3) is 0 Å². The van der Waals surface area contributed by atoms with Crippen molar-refractivity contribution in [2.45, 2.75) is 76.4 Å². The van der Waals surface area contributed by atoms with Crippen LogP contribution in [-0.4, -0.2) is 43.8 Å². The Kier molecular flexibility index (Phi) is 10.6. The summed E-state index contributed by atoms with van der Waals surface area (Å²) in [4.78, 5) is 29.4. The average Bonchev–Trinajstić information content (AvgIpc) is 3.48. The molecule has 1 saturated carbocycles. The molecule has 0 heterocycles. The van der Waals surface area contributed by atoms with E-state index in [-0.39, 0.29) is 23.4 Å². The summed E-state index contributed by atoms with van der Waals surface area (Å²) < 4.78 is 29.2. The number of amides is 2. The first-order chi connectivity index (χ1) is 20.0. The zero-order valence-corrected chi connectivity index (χ0v) is 26.5. The molecule has 4 rings (SSSR count). The van der Waals surface area contributed by atoms with Gasteiger partial charge >= 0.3 is 0 Å². The number of hydrogen-bond donors (Lipinski definition) is 1. The van der Waals surface area contributed by atoms with Gasteiger partial charge in [-0.25, -0.2) is 8.42 Å². The van der Waals surface area contributed by atoms with Crippen molar-refractivity contribution in [3.05, 3.63) is 93.5 Å². The number of halogens is 2. The number of hydrogen-bond acceptors (Lipinski definition) is 4. The van der Waals surface area contributed by atoms with Crippen LogP contribution in [0, 0.1) is 13.8 Å². The molecule has 42 heavy (non-hydrogen) atoms. The van der Waals surface area contributed by atoms with E-state index in [1.807, 2.05) is 26.8 Å². The van der Waals surface area contributed by atoms with Gasteiger partial charge in [-0.1, -0.05) is 79.4 Å². The summed E-state index contributed by atoms with van der Waals surface area (Å²) >= 11 is 12.4. The van der Waals surface area contributed by atoms with E-state index in [1.54, 1.807) is 48.5 Å². The molecule has 0 aromatic heterocycles. The van der Waals surface area contributed by atoms with E-state index in [4.69, 9.17) is 23.2 Å². The van der Waals surface area contributed by atoms with Gasteiger partial charge in [0, 0.05) is 12.6 Å². The summed E-state index contributed by atoms with van der Waals surface area (Å²) in [7, 11) is -4.13. The molecule has 2 amide bonds. The number of sulfonamides is 1. The predicted octanol–water partition coefficient (Wildman–Crippen LogP) is 6.67. The molecule has 0 spiro atoms. The number of carbonyl (C=O) groups is 2. The van der Waals surface area contributed by atoms with E-state index in [0.717, 1.165) is 41.1 Å². The Hall–Kier alpha value is -3.07. The van der Waals surface area contributed by atoms with Gasteiger partial charge in [0.2, 0.25) is 11.8 Å². The van der Waals surface area contributed by atoms with Crippen molar-refractivity contribution in [1.82, 2.24) is 10.2 Å². The SMILES string of the molecule is CCC(C(=O)NC1CCCC1)N(Cc1ccc(Cl)c(Cl)c1)C(=O)CN(c1cccc(C)c1C)S(=O)(=O)c1ccccc1. The van der Waals surface area contributed by atoms with Crippen molar-refractivity contribution < 1.29 is 18.0 Å². The van der Waals surface area contributed by atoms with E-state index in [1.165, 1.54) is 17.0 Å². The van der Waals surface area contributed by atoms with Gasteiger partial charge in [0.15, 0.2) is 0 Å². The number of nitrogens with zero attached hydrogens (tertiary/aromatic N) is 2. The largest absolute Gasteiger partial charge is 0.352 e. The molecule has 1 unspecified atom stereocenters. The van der Waals surface area contributed by atoms with Crippen LogP contribution in [0.2, 0.25) is 10.0 Å². The van der Waals surface area contributed by atoms with E-state index < -0.39 is 28.5 Å². The molecule has 3 aromatic rings. The van der Waals surface area contributed by atoms with Gasteiger partial charge in [0.1, 0.15) is 12.6 Å². The van der Waals surface area contributed by atoms with Crippen molar-refractivity contribution in [3.8, 4) is 0 Å². The predicted molar refractivity (Wildman–Crippen MR) is 168 cm³/mol. The van der Waals surface area contributed by atoms with Gasteiger partial charge in [0.05, 0.1) is 20.6 Å². The Morgan fingerprint density at radius 1 is 0.952 bits per heavy atom. The Morgan fingerprint density at radius 2 is 1.64 bits per heavy atom. The summed E-state index contributed by atoms with van der Waals surface area (Å²) in [6, 6.07) is 17.7. The van der Waals surface area contributed by atoms with Crippen molar-refractivity contribution in [3.63, 3.8) is 0 Å². The van der Waals surface area contributed by atoms with Gasteiger partial charge in [-0.05, 0) is 80.1 Å². The standard InChI is InChI=1S/C32H37Cl2N3O4S/c1-4-29(32(39)35-25-12-8-9-13-25)36(20-24-17-18-27(33)28(34)19-24)31(38)21-37(30-16-10-11-22(2)23(30)3)42(40,41)26-14-6-5-7-15-26/h5-7,10-11,14-19,25,29H,4,8-9,12-13,20-21H2,1-3H3,(H,35,39). The smallest absolute Gasteiger partial charge is 0.264 e. The normalized spacial score (nSPS) is 14.4. The fourth-order valence-electron chi connectivity index (χ4n) is 5.36. The second kappa shape index (κ2) is 13.9. The van der Waals surface area contributed by atoms with Crippen LogP contribution < -0.4 is 9.62 Å². The van der Waals surface area contributed by atoms with Gasteiger partial charge in [0.25, 0.3) is 10.0 Å². The Balaban J connectivity index is 1.75. The molecule has 1 fully saturated rings. The highest BCUT2D eigenvalue weighted by Gasteiger charge is 2.35. The molecule has 0 bridgehead atoms. The van der Waals surface area contributed by atoms with E-state index >= 15 is 0 Å². The number of aryl methyl sites for hydroxylation is 1. The third-order valence-corrected chi connectivity index (χ3v) is 10.4. The molecule has 10 heteroatoms. The quantitative estimate of drug-likeness (QED) is 0.256. The minimum absolute atomic E-state index is 0.0539. The highest BCUT2D eigenvalue weighted by atomic mass is 35.5. The Labute approximate surface area is 258 Å². The van der Waals surface area contributed by atoms with Crippen molar-refractivity contribution in [2.24, 2.45) is 0 Å². The maximum Gasteiger partial charge on any atom is 0.264 e. The highest BCUT2D eigenvalue weighted by Crippen LogP contribution is 2.30. The third-order valence-electron chi connectivity index (χ3n) is 7.88. The van der Waals surface area contributed by atoms with Crippen LogP contribution >= 0.6 is 23.2 Å². The lowest BCUT2D eigenvalue weighted by molar-refractivity contribution is -0.140. The molecule has 3 aromatic carbocycles. The number of nitrogens with one attached hydrogen (secondary N) is 1. The van der Waals surface area contributed by atoms with Crippen molar-refractivity contribution in [1.29, 1.82) is 0 Å². The van der Waals surface area contributed by atoms with E-state index in [0.29, 0.717) is 27.7 Å². The first kappa shape index (κ1) is 31.9. The van der Waals surface area contributed by atoms with Crippen LogP contribution in [0.3, 0.4) is 0 Å². The molecule has 0 saturated heterocycles. The molecular weight excluding hydrogens is 593 g/mol. The summed E-state index contributed by atoms with van der Waals surface area (Å²) in [5.41, 5.74) is 2.72. The monoisotopic (exact) mass is 629 g/mol. The second-order valence-electron chi connectivity index (χ2n) is 10.7. The topological polar surface area (TPSA) is 86.8 Å². The van der Waals surface area contributed by atoms with Gasteiger partial charge in [-0.3, -0.25) is 13.9 Å². The Morgan fingerprint density at radius 3 is 2.29 bits per heavy atom. The zero-order valence-electron chi connectivity index (χ0n) is 24.1. The lowest BCUT2D eigenvalue weighted by Crippen LogP contribution is -2.53. The number of rotatable bonds is 11. The van der Waals surface area contributed by atoms with Crippen molar-refractivity contribution in [2.75, 3.05) is 10.8 Å². The number of carbonyl (C=O) groups excluding carboxylic acids is 2. The molecule has 1 atom stereocenters. The number of anilines is 1. The maximum atomic E-state index is 14.3. The molecule has 1 N–H and O–H groups in total. The first-order valence-corrected chi connectivity index (χ1v) is 16.4. The minimum Gasteiger partial charge on any atom is -0.352 e. The van der Waals surface area contributed by atoms with Crippen LogP contribution in [0.4, 0.5) is 5.69 Å². The first-order valence-electron chi connectivity index (χ1n) is 14.2. The van der Waals surface area contributed by atoms with Gasteiger partial charge in [-0.2, -0.15) is 0 Å². The summed E-state index contributed by atoms with van der Waals surface area (Å²) in [6.07, 6.45) is 4.25. The zero-order chi connectivity index (χ0) is 30.4. The third kappa shape index (κ3) is 7.28. The molecule has 1 aliphatic rings. The van der Waals surface area contributed by atoms with E-state index in [2.05, 4.69) is 5.32 Å². The lowest BCUT2D eigenvalue weighted by atomic mass is 10.1. The lowest BCUT2D eigenvalue weighted by Gasteiger charge is -2.34. The highest BCUT2D eigenvalue weighted by molar-refractivity contribution is 7.92. The second-order valence-corrected chi connectivity index (χ2v) is 13.4. The van der Waals surface area contributed by atoms with Gasteiger partial charge < -0.3 is 10.2 Å². The average molecular weight is 631 g/mol. The molecule has 224 valence electrons. The van der Waals surface area contributed by atoms with Crippen LogP contribution in [0.15, 0.2) is 71.6 Å². The Bertz CT molecular complexity index is 1530. The molecule has 0 aliphatic heterocycles. The fourth-order valence-corrected chi connectivity index (χ4v) is 7.17. The van der Waals surface area contributed by atoms with Crippen LogP contribution in [0.5, 0.6) is 0 Å². The van der Waals surface area contributed by atoms with Crippen LogP contribution in [0.1, 0.15) is 55.7 Å². The maximum absolute atomic E-state index is 14.3. The number of benzene rings is 3. The van der Waals surface area contributed by atoms with Crippen LogP contribution in [-0.2, 0) is 26.2 Å². The molecular formula is C32H37Cl2N3O4S.